The van der Waals surface area contributed by atoms with Crippen molar-refractivity contribution < 1.29 is 14.7 Å². The lowest BCUT2D eigenvalue weighted by Crippen LogP contribution is -2.45. The van der Waals surface area contributed by atoms with E-state index in [4.69, 9.17) is 5.11 Å². The van der Waals surface area contributed by atoms with Gasteiger partial charge in [0.1, 0.15) is 6.04 Å². The number of nitrogens with zero attached hydrogens (tertiary/aromatic N) is 1. The average molecular weight is 188 g/mol. The molecule has 0 bridgehead atoms. The van der Waals surface area contributed by atoms with Gasteiger partial charge in [-0.3, -0.25) is 0 Å². The first-order chi connectivity index (χ1) is 5.99. The van der Waals surface area contributed by atoms with Gasteiger partial charge in [-0.05, 0) is 6.42 Å². The van der Waals surface area contributed by atoms with Crippen LogP contribution >= 0.6 is 0 Å². The Morgan fingerprint density at radius 1 is 1.46 bits per heavy atom. The molecule has 5 heteroatoms. The lowest BCUT2D eigenvalue weighted by atomic mass is 10.2. The molecule has 0 saturated carbocycles. The minimum absolute atomic E-state index is 0.374. The van der Waals surface area contributed by atoms with Crippen LogP contribution in [0.2, 0.25) is 0 Å². The van der Waals surface area contributed by atoms with Crippen molar-refractivity contribution in [3.8, 4) is 0 Å². The van der Waals surface area contributed by atoms with Crippen molar-refractivity contribution in [1.82, 2.24) is 10.2 Å². The molecular formula is C8H16N2O3. The summed E-state index contributed by atoms with van der Waals surface area (Å²) in [7, 11) is 3.14. The van der Waals surface area contributed by atoms with Gasteiger partial charge in [0.25, 0.3) is 0 Å². The van der Waals surface area contributed by atoms with Crippen molar-refractivity contribution in [2.24, 2.45) is 0 Å². The van der Waals surface area contributed by atoms with Crippen LogP contribution in [0, 0.1) is 0 Å². The summed E-state index contributed by atoms with van der Waals surface area (Å²) in [6.07, 6.45) is 1.18. The second kappa shape index (κ2) is 5.40. The molecule has 5 nitrogen and oxygen atoms in total. The Hall–Kier alpha value is -1.26. The Kier molecular flexibility index (Phi) is 4.87. The molecule has 0 spiro atoms. The summed E-state index contributed by atoms with van der Waals surface area (Å²) in [5, 5.41) is 11.1. The predicted octanol–water partition coefficient (Wildman–Crippen LogP) is 0.511. The van der Waals surface area contributed by atoms with Crippen molar-refractivity contribution in [2.45, 2.75) is 25.8 Å². The van der Waals surface area contributed by atoms with Gasteiger partial charge in [-0.2, -0.15) is 0 Å². The number of carbonyl (C=O) groups is 2. The molecule has 0 aliphatic rings. The molecule has 0 aromatic rings. The van der Waals surface area contributed by atoms with Gasteiger partial charge in [-0.1, -0.05) is 13.3 Å². The number of carboxylic acid groups (broad SMARTS) is 1. The summed E-state index contributed by atoms with van der Waals surface area (Å²) in [6.45, 7) is 1.87. The highest BCUT2D eigenvalue weighted by molar-refractivity contribution is 5.82. The smallest absolute Gasteiger partial charge is 0.326 e. The van der Waals surface area contributed by atoms with Crippen molar-refractivity contribution in [3.05, 3.63) is 0 Å². The minimum Gasteiger partial charge on any atom is -0.480 e. The van der Waals surface area contributed by atoms with E-state index >= 15 is 0 Å². The van der Waals surface area contributed by atoms with Crippen LogP contribution in [0.1, 0.15) is 19.8 Å². The van der Waals surface area contributed by atoms with E-state index < -0.39 is 12.0 Å². The van der Waals surface area contributed by atoms with Crippen molar-refractivity contribution >= 4 is 12.0 Å². The van der Waals surface area contributed by atoms with Gasteiger partial charge in [0.2, 0.25) is 0 Å². The summed E-state index contributed by atoms with van der Waals surface area (Å²) >= 11 is 0. The first-order valence-electron chi connectivity index (χ1n) is 4.19. The molecule has 1 atom stereocenters. The molecule has 2 amide bonds. The second-order valence-electron chi connectivity index (χ2n) is 3.02. The van der Waals surface area contributed by atoms with Gasteiger partial charge < -0.3 is 15.3 Å². The molecule has 13 heavy (non-hydrogen) atoms. The second-order valence-corrected chi connectivity index (χ2v) is 3.02. The zero-order valence-corrected chi connectivity index (χ0v) is 8.20. The van der Waals surface area contributed by atoms with Crippen molar-refractivity contribution in [1.29, 1.82) is 0 Å². The summed E-state index contributed by atoms with van der Waals surface area (Å²) in [4.78, 5) is 23.0. The molecule has 0 aromatic heterocycles. The Balaban J connectivity index is 4.10. The maximum atomic E-state index is 11.1. The van der Waals surface area contributed by atoms with Gasteiger partial charge in [0, 0.05) is 14.1 Å². The van der Waals surface area contributed by atoms with E-state index in [9.17, 15) is 9.59 Å². The molecule has 0 rings (SSSR count). The SMILES string of the molecule is CCC[C@H](NC(=O)N(C)C)C(=O)O. The van der Waals surface area contributed by atoms with E-state index in [0.717, 1.165) is 6.42 Å². The van der Waals surface area contributed by atoms with Crippen LogP contribution in [0.25, 0.3) is 0 Å². The third-order valence-electron chi connectivity index (χ3n) is 1.58. The molecule has 0 aromatic carbocycles. The Morgan fingerprint density at radius 2 is 2.00 bits per heavy atom. The number of nitrogens with one attached hydrogen (secondary N) is 1. The summed E-state index contributed by atoms with van der Waals surface area (Å²) in [5.41, 5.74) is 0. The normalized spacial score (nSPS) is 11.9. The zero-order valence-electron chi connectivity index (χ0n) is 8.20. The number of aliphatic carboxylic acids is 1. The summed E-state index contributed by atoms with van der Waals surface area (Å²) in [5.74, 6) is -0.989. The molecule has 0 fully saturated rings. The molecule has 0 unspecified atom stereocenters. The fourth-order valence-electron chi connectivity index (χ4n) is 0.824. The minimum atomic E-state index is -0.989. The summed E-state index contributed by atoms with van der Waals surface area (Å²) in [6, 6.07) is -1.15. The largest absolute Gasteiger partial charge is 0.480 e. The Bertz CT molecular complexity index is 192. The van der Waals surface area contributed by atoms with Crippen LogP contribution in [-0.2, 0) is 4.79 Å². The molecule has 0 aliphatic carbocycles. The van der Waals surface area contributed by atoms with E-state index in [2.05, 4.69) is 5.32 Å². The number of carbonyl (C=O) groups excluding carboxylic acids is 1. The number of amides is 2. The molecule has 2 N–H and O–H groups in total. The molecule has 76 valence electrons. The van der Waals surface area contributed by atoms with E-state index in [1.165, 1.54) is 4.90 Å². The highest BCUT2D eigenvalue weighted by atomic mass is 16.4. The number of rotatable bonds is 4. The van der Waals surface area contributed by atoms with Gasteiger partial charge in [0.05, 0.1) is 0 Å². The number of carboxylic acids is 1. The van der Waals surface area contributed by atoms with E-state index in [-0.39, 0.29) is 6.03 Å². The average Bonchev–Trinajstić information content (AvgIpc) is 2.03. The van der Waals surface area contributed by atoms with Crippen LogP contribution in [-0.4, -0.2) is 42.1 Å². The third kappa shape index (κ3) is 4.35. The van der Waals surface area contributed by atoms with Gasteiger partial charge in [-0.25, -0.2) is 9.59 Å². The first-order valence-corrected chi connectivity index (χ1v) is 4.19. The van der Waals surface area contributed by atoms with Gasteiger partial charge in [0.15, 0.2) is 0 Å². The third-order valence-corrected chi connectivity index (χ3v) is 1.58. The first kappa shape index (κ1) is 11.7. The molecule has 0 saturated heterocycles. The predicted molar refractivity (Wildman–Crippen MR) is 48.6 cm³/mol. The maximum absolute atomic E-state index is 11.1. The molecule has 0 aliphatic heterocycles. The highest BCUT2D eigenvalue weighted by Crippen LogP contribution is 1.97. The van der Waals surface area contributed by atoms with Crippen LogP contribution in [0.4, 0.5) is 4.79 Å². The quantitative estimate of drug-likeness (QED) is 0.675. The maximum Gasteiger partial charge on any atom is 0.326 e. The van der Waals surface area contributed by atoms with Crippen LogP contribution in [0.3, 0.4) is 0 Å². The van der Waals surface area contributed by atoms with Gasteiger partial charge >= 0.3 is 12.0 Å². The van der Waals surface area contributed by atoms with Crippen LogP contribution in [0.15, 0.2) is 0 Å². The zero-order chi connectivity index (χ0) is 10.4. The highest BCUT2D eigenvalue weighted by Gasteiger charge is 2.19. The molecule has 0 radical (unpaired) electrons. The Labute approximate surface area is 77.7 Å². The fourth-order valence-corrected chi connectivity index (χ4v) is 0.824. The molecule has 0 heterocycles. The molecular weight excluding hydrogens is 172 g/mol. The monoisotopic (exact) mass is 188 g/mol. The standard InChI is InChI=1S/C8H16N2O3/c1-4-5-6(7(11)12)9-8(13)10(2)3/h6H,4-5H2,1-3H3,(H,9,13)(H,11,12)/t6-/m0/s1. The van der Waals surface area contributed by atoms with E-state index in [1.807, 2.05) is 6.92 Å². The number of hydrogen-bond acceptors (Lipinski definition) is 2. The lowest BCUT2D eigenvalue weighted by Gasteiger charge is -2.17. The number of hydrogen-bond donors (Lipinski definition) is 2. The van der Waals surface area contributed by atoms with Crippen molar-refractivity contribution in [3.63, 3.8) is 0 Å². The van der Waals surface area contributed by atoms with Crippen LogP contribution in [0.5, 0.6) is 0 Å². The van der Waals surface area contributed by atoms with Crippen LogP contribution < -0.4 is 5.32 Å². The Morgan fingerprint density at radius 3 is 2.31 bits per heavy atom. The van der Waals surface area contributed by atoms with Gasteiger partial charge in [-0.15, -0.1) is 0 Å². The topological polar surface area (TPSA) is 69.6 Å². The fraction of sp³-hybridized carbons (Fsp3) is 0.750. The summed E-state index contributed by atoms with van der Waals surface area (Å²) < 4.78 is 0. The lowest BCUT2D eigenvalue weighted by molar-refractivity contribution is -0.139. The number of urea groups is 1. The van der Waals surface area contributed by atoms with E-state index in [1.54, 1.807) is 14.1 Å². The van der Waals surface area contributed by atoms with Crippen molar-refractivity contribution in [2.75, 3.05) is 14.1 Å². The van der Waals surface area contributed by atoms with E-state index in [0.29, 0.717) is 6.42 Å².